The third-order valence-corrected chi connectivity index (χ3v) is 5.38. The Morgan fingerprint density at radius 2 is 1.64 bits per heavy atom. The number of rotatable bonds is 5. The normalized spacial score (nSPS) is 11.3. The van der Waals surface area contributed by atoms with Crippen LogP contribution >= 0.6 is 15.9 Å². The molecule has 1 aromatic heterocycles. The minimum atomic E-state index is -3.79. The average molecular weight is 424 g/mol. The molecule has 1 N–H and O–H groups in total. The highest BCUT2D eigenvalue weighted by Crippen LogP contribution is 2.34. The number of methoxy groups -OCH3 is 2. The molecular weight excluding hydrogens is 410 g/mol. The van der Waals surface area contributed by atoms with Crippen molar-refractivity contribution in [2.45, 2.75) is 4.90 Å². The summed E-state index contributed by atoms with van der Waals surface area (Å²) >= 11 is 3.28. The molecule has 3 rings (SSSR count). The number of hydrogen-bond donors (Lipinski definition) is 1. The van der Waals surface area contributed by atoms with Gasteiger partial charge in [-0.3, -0.25) is 4.72 Å². The zero-order valence-corrected chi connectivity index (χ0v) is 15.8. The molecule has 0 aliphatic carbocycles. The molecule has 2 aromatic carbocycles. The smallest absolute Gasteiger partial charge is 0.263 e. The maximum Gasteiger partial charge on any atom is 0.263 e. The van der Waals surface area contributed by atoms with Gasteiger partial charge in [-0.15, -0.1) is 0 Å². The molecule has 3 aromatic rings. The van der Waals surface area contributed by atoms with Gasteiger partial charge in [0.2, 0.25) is 0 Å². The van der Waals surface area contributed by atoms with Gasteiger partial charge in [0.15, 0.2) is 17.3 Å². The second-order valence-electron chi connectivity index (χ2n) is 5.01. The van der Waals surface area contributed by atoms with Crippen LogP contribution in [0.1, 0.15) is 0 Å². The molecule has 130 valence electrons. The van der Waals surface area contributed by atoms with Gasteiger partial charge in [-0.05, 0) is 30.3 Å². The molecule has 0 saturated heterocycles. The summed E-state index contributed by atoms with van der Waals surface area (Å²) in [5.41, 5.74) is 0.529. The molecule has 0 radical (unpaired) electrons. The van der Waals surface area contributed by atoms with Crippen LogP contribution in [0.5, 0.6) is 11.5 Å². The van der Waals surface area contributed by atoms with Crippen molar-refractivity contribution in [3.8, 4) is 11.5 Å². The summed E-state index contributed by atoms with van der Waals surface area (Å²) < 4.78 is 39.0. The van der Waals surface area contributed by atoms with Crippen LogP contribution in [0.15, 0.2) is 52.1 Å². The van der Waals surface area contributed by atoms with E-state index in [1.165, 1.54) is 32.7 Å². The highest BCUT2D eigenvalue weighted by Gasteiger charge is 2.18. The fourth-order valence-electron chi connectivity index (χ4n) is 2.26. The van der Waals surface area contributed by atoms with E-state index < -0.39 is 10.0 Å². The molecule has 0 unspecified atom stereocenters. The fraction of sp³-hybridized carbons (Fsp3) is 0.125. The van der Waals surface area contributed by atoms with E-state index in [-0.39, 0.29) is 10.7 Å². The van der Waals surface area contributed by atoms with Crippen LogP contribution in [0.4, 0.5) is 5.82 Å². The third-order valence-electron chi connectivity index (χ3n) is 3.50. The van der Waals surface area contributed by atoms with Crippen molar-refractivity contribution in [1.29, 1.82) is 0 Å². The second-order valence-corrected chi connectivity index (χ2v) is 7.60. The largest absolute Gasteiger partial charge is 0.493 e. The number of anilines is 1. The lowest BCUT2D eigenvalue weighted by atomic mass is 10.2. The monoisotopic (exact) mass is 423 g/mol. The minimum absolute atomic E-state index is 0.128. The van der Waals surface area contributed by atoms with Gasteiger partial charge in [-0.1, -0.05) is 15.9 Å². The molecule has 9 heteroatoms. The summed E-state index contributed by atoms with van der Waals surface area (Å²) in [6, 6.07) is 9.60. The van der Waals surface area contributed by atoms with Gasteiger partial charge in [0.25, 0.3) is 10.0 Å². The number of halogens is 1. The molecule has 0 aliphatic heterocycles. The van der Waals surface area contributed by atoms with Crippen LogP contribution in [0.25, 0.3) is 10.9 Å². The Hall–Kier alpha value is -2.39. The first kappa shape index (κ1) is 17.4. The van der Waals surface area contributed by atoms with Gasteiger partial charge in [0.05, 0.1) is 24.6 Å². The second kappa shape index (κ2) is 6.85. The Balaban J connectivity index is 2.08. The van der Waals surface area contributed by atoms with Crippen molar-refractivity contribution >= 4 is 42.7 Å². The van der Waals surface area contributed by atoms with Crippen LogP contribution in [0.3, 0.4) is 0 Å². The topological polar surface area (TPSA) is 90.4 Å². The van der Waals surface area contributed by atoms with Crippen LogP contribution in [-0.4, -0.2) is 32.6 Å². The number of ether oxygens (including phenoxy) is 2. The Morgan fingerprint density at radius 3 is 2.28 bits per heavy atom. The predicted octanol–water partition coefficient (Wildman–Crippen LogP) is 3.21. The van der Waals surface area contributed by atoms with Crippen molar-refractivity contribution in [3.63, 3.8) is 0 Å². The van der Waals surface area contributed by atoms with E-state index in [0.29, 0.717) is 22.4 Å². The standard InChI is InChI=1S/C16H14BrN3O4S/c1-23-14-7-12-13(8-15(14)24-2)18-9-19-16(12)20-25(21,22)11-5-3-10(17)4-6-11/h3-9H,1-2H3,(H,18,19,20). The first-order valence-corrected chi connectivity index (χ1v) is 9.37. The molecule has 0 fully saturated rings. The van der Waals surface area contributed by atoms with E-state index >= 15 is 0 Å². The van der Waals surface area contributed by atoms with Gasteiger partial charge in [-0.2, -0.15) is 0 Å². The summed E-state index contributed by atoms with van der Waals surface area (Å²) in [5.74, 6) is 1.11. The van der Waals surface area contributed by atoms with Crippen LogP contribution < -0.4 is 14.2 Å². The Morgan fingerprint density at radius 1 is 1.00 bits per heavy atom. The summed E-state index contributed by atoms with van der Waals surface area (Å²) in [5, 5.41) is 0.501. The van der Waals surface area contributed by atoms with Crippen molar-refractivity contribution < 1.29 is 17.9 Å². The zero-order chi connectivity index (χ0) is 18.0. The first-order valence-electron chi connectivity index (χ1n) is 7.09. The van der Waals surface area contributed by atoms with Gasteiger partial charge in [-0.25, -0.2) is 18.4 Å². The van der Waals surface area contributed by atoms with Gasteiger partial charge in [0.1, 0.15) is 6.33 Å². The molecule has 25 heavy (non-hydrogen) atoms. The lowest BCUT2D eigenvalue weighted by molar-refractivity contribution is 0.356. The van der Waals surface area contributed by atoms with E-state index in [9.17, 15) is 8.42 Å². The van der Waals surface area contributed by atoms with E-state index in [1.807, 2.05) is 0 Å². The lowest BCUT2D eigenvalue weighted by Gasteiger charge is -2.12. The molecule has 0 atom stereocenters. The molecule has 1 heterocycles. The van der Waals surface area contributed by atoms with Crippen molar-refractivity contribution in [3.05, 3.63) is 47.2 Å². The zero-order valence-electron chi connectivity index (χ0n) is 13.4. The molecule has 0 bridgehead atoms. The minimum Gasteiger partial charge on any atom is -0.493 e. The van der Waals surface area contributed by atoms with E-state index in [1.54, 1.807) is 24.3 Å². The van der Waals surface area contributed by atoms with Crippen LogP contribution in [-0.2, 0) is 10.0 Å². The van der Waals surface area contributed by atoms with Crippen molar-refractivity contribution in [2.75, 3.05) is 18.9 Å². The van der Waals surface area contributed by atoms with E-state index in [4.69, 9.17) is 9.47 Å². The fourth-order valence-corrected chi connectivity index (χ4v) is 3.56. The third kappa shape index (κ3) is 3.52. The summed E-state index contributed by atoms with van der Waals surface area (Å²) in [6.45, 7) is 0. The highest BCUT2D eigenvalue weighted by atomic mass is 79.9. The average Bonchev–Trinajstić information content (AvgIpc) is 2.61. The van der Waals surface area contributed by atoms with Crippen molar-refractivity contribution in [1.82, 2.24) is 9.97 Å². The quantitative estimate of drug-likeness (QED) is 0.677. The number of nitrogens with one attached hydrogen (secondary N) is 1. The van der Waals surface area contributed by atoms with Crippen molar-refractivity contribution in [2.24, 2.45) is 0 Å². The van der Waals surface area contributed by atoms with Gasteiger partial charge < -0.3 is 9.47 Å². The number of benzene rings is 2. The number of hydrogen-bond acceptors (Lipinski definition) is 6. The lowest BCUT2D eigenvalue weighted by Crippen LogP contribution is -2.14. The van der Waals surface area contributed by atoms with E-state index in [0.717, 1.165) is 4.47 Å². The molecule has 0 saturated carbocycles. The summed E-state index contributed by atoms with van der Waals surface area (Å²) in [6.07, 6.45) is 1.29. The van der Waals surface area contributed by atoms with E-state index in [2.05, 4.69) is 30.6 Å². The first-order chi connectivity index (χ1) is 11.9. The Bertz CT molecular complexity index is 1020. The number of aromatic nitrogens is 2. The maximum atomic E-state index is 12.6. The van der Waals surface area contributed by atoms with Gasteiger partial charge >= 0.3 is 0 Å². The highest BCUT2D eigenvalue weighted by molar-refractivity contribution is 9.10. The number of nitrogens with zero attached hydrogens (tertiary/aromatic N) is 2. The summed E-state index contributed by atoms with van der Waals surface area (Å²) in [4.78, 5) is 8.34. The number of sulfonamides is 1. The SMILES string of the molecule is COc1cc2ncnc(NS(=O)(=O)c3ccc(Br)cc3)c2cc1OC. The maximum absolute atomic E-state index is 12.6. The Kier molecular flexibility index (Phi) is 4.78. The molecule has 0 aliphatic rings. The molecule has 0 spiro atoms. The molecule has 0 amide bonds. The number of fused-ring (bicyclic) bond motifs is 1. The predicted molar refractivity (Wildman–Crippen MR) is 97.6 cm³/mol. The molecular formula is C16H14BrN3O4S. The summed E-state index contributed by atoms with van der Waals surface area (Å²) in [7, 11) is -0.775. The van der Waals surface area contributed by atoms with Gasteiger partial charge in [0, 0.05) is 15.9 Å². The van der Waals surface area contributed by atoms with Crippen LogP contribution in [0, 0.1) is 0 Å². The molecule has 7 nitrogen and oxygen atoms in total. The Labute approximate surface area is 153 Å². The van der Waals surface area contributed by atoms with Crippen LogP contribution in [0.2, 0.25) is 0 Å².